The molecule has 262 valence electrons. The molecule has 2 heterocycles. The van der Waals surface area contributed by atoms with Crippen molar-refractivity contribution in [3.8, 4) is 0 Å². The minimum atomic E-state index is 0.308. The summed E-state index contributed by atoms with van der Waals surface area (Å²) in [6.07, 6.45) is 45.0. The van der Waals surface area contributed by atoms with Gasteiger partial charge in [-0.3, -0.25) is 0 Å². The van der Waals surface area contributed by atoms with Gasteiger partial charge in [0, 0.05) is 13.1 Å². The number of hydrogen-bond acceptors (Lipinski definition) is 4. The summed E-state index contributed by atoms with van der Waals surface area (Å²) in [6, 6.07) is 0. The normalized spacial score (nSPS) is 19.9. The summed E-state index contributed by atoms with van der Waals surface area (Å²) < 4.78 is 0. The number of hydrogen-bond donors (Lipinski definition) is 2. The van der Waals surface area contributed by atoms with E-state index in [1.807, 2.05) is 0 Å². The minimum absolute atomic E-state index is 0.308. The first-order valence-corrected chi connectivity index (χ1v) is 20.8. The van der Waals surface area contributed by atoms with Crippen molar-refractivity contribution in [2.75, 3.05) is 13.1 Å². The molecule has 0 aliphatic carbocycles. The molecule has 0 spiro atoms. The maximum Gasteiger partial charge on any atom is 0.0974 e. The molecule has 2 aliphatic rings. The van der Waals surface area contributed by atoms with E-state index in [1.165, 1.54) is 219 Å². The van der Waals surface area contributed by atoms with Crippen molar-refractivity contribution >= 4 is 0 Å². The molecule has 0 radical (unpaired) electrons. The van der Waals surface area contributed by atoms with Crippen LogP contribution in [0, 0.1) is 0 Å². The maximum absolute atomic E-state index is 3.95. The average molecular weight is 619 g/mol. The molecule has 2 saturated heterocycles. The predicted molar refractivity (Wildman–Crippen MR) is 196 cm³/mol. The Kier molecular flexibility index (Phi) is 23.5. The van der Waals surface area contributed by atoms with Gasteiger partial charge in [0.2, 0.25) is 0 Å². The zero-order valence-corrected chi connectivity index (χ0v) is 30.9. The van der Waals surface area contributed by atoms with Crippen LogP contribution in [0.3, 0.4) is 0 Å². The molecule has 0 aromatic heterocycles. The Bertz CT molecular complexity index is 547. The fourth-order valence-electron chi connectivity index (χ4n) is 7.70. The highest BCUT2D eigenvalue weighted by Gasteiger charge is 2.53. The van der Waals surface area contributed by atoms with Crippen LogP contribution in [-0.4, -0.2) is 34.4 Å². The topological polar surface area (TPSA) is 49.9 Å². The molecule has 0 bridgehead atoms. The third-order valence-electron chi connectivity index (χ3n) is 10.9. The SMILES string of the molecule is CCCCCCCCCC1(CCCCCCCCC)NN1CCN1NC1(CCCCCCCCC)CCCCCCCCC. The lowest BCUT2D eigenvalue weighted by Crippen LogP contribution is -2.26. The molecular formula is C40H82N4. The quantitative estimate of drug-likeness (QED) is 0.0548. The van der Waals surface area contributed by atoms with Gasteiger partial charge in [-0.15, -0.1) is 0 Å². The molecule has 0 saturated carbocycles. The van der Waals surface area contributed by atoms with Gasteiger partial charge in [-0.1, -0.05) is 207 Å². The Morgan fingerprint density at radius 3 is 0.727 bits per heavy atom. The fourth-order valence-corrected chi connectivity index (χ4v) is 7.70. The summed E-state index contributed by atoms with van der Waals surface area (Å²) in [4.78, 5) is 0. The van der Waals surface area contributed by atoms with Gasteiger partial charge in [-0.2, -0.15) is 0 Å². The van der Waals surface area contributed by atoms with Crippen molar-refractivity contribution in [3.05, 3.63) is 0 Å². The van der Waals surface area contributed by atoms with Gasteiger partial charge in [0.25, 0.3) is 0 Å². The van der Waals surface area contributed by atoms with Crippen molar-refractivity contribution in [2.45, 2.75) is 244 Å². The van der Waals surface area contributed by atoms with Gasteiger partial charge >= 0.3 is 0 Å². The maximum atomic E-state index is 3.95. The number of hydrazine groups is 2. The lowest BCUT2D eigenvalue weighted by molar-refractivity contribution is 0.289. The van der Waals surface area contributed by atoms with Crippen LogP contribution < -0.4 is 10.9 Å². The van der Waals surface area contributed by atoms with Crippen LogP contribution in [0.15, 0.2) is 0 Å². The van der Waals surface area contributed by atoms with Crippen LogP contribution in [-0.2, 0) is 0 Å². The first-order chi connectivity index (χ1) is 21.7. The summed E-state index contributed by atoms with van der Waals surface area (Å²) in [5.41, 5.74) is 8.51. The van der Waals surface area contributed by atoms with Gasteiger partial charge in [-0.25, -0.2) is 20.9 Å². The molecule has 2 aliphatic heterocycles. The van der Waals surface area contributed by atoms with E-state index >= 15 is 0 Å². The zero-order valence-electron chi connectivity index (χ0n) is 30.9. The molecule has 4 nitrogen and oxygen atoms in total. The first kappa shape index (κ1) is 40.0. The summed E-state index contributed by atoms with van der Waals surface area (Å²) in [5.74, 6) is 0. The molecular weight excluding hydrogens is 536 g/mol. The predicted octanol–water partition coefficient (Wildman–Crippen LogP) is 12.6. The third kappa shape index (κ3) is 17.7. The van der Waals surface area contributed by atoms with Gasteiger partial charge in [0.15, 0.2) is 0 Å². The molecule has 2 unspecified atom stereocenters. The second kappa shape index (κ2) is 25.9. The van der Waals surface area contributed by atoms with Crippen molar-refractivity contribution < 1.29 is 0 Å². The highest BCUT2D eigenvalue weighted by atomic mass is 15.8. The van der Waals surface area contributed by atoms with Crippen LogP contribution in [0.5, 0.6) is 0 Å². The summed E-state index contributed by atoms with van der Waals surface area (Å²) in [5, 5.41) is 5.32. The van der Waals surface area contributed by atoms with Gasteiger partial charge < -0.3 is 0 Å². The van der Waals surface area contributed by atoms with E-state index in [4.69, 9.17) is 0 Å². The molecule has 44 heavy (non-hydrogen) atoms. The van der Waals surface area contributed by atoms with Crippen LogP contribution >= 0.6 is 0 Å². The zero-order chi connectivity index (χ0) is 31.6. The highest BCUT2D eigenvalue weighted by Crippen LogP contribution is 2.39. The van der Waals surface area contributed by atoms with Gasteiger partial charge in [-0.05, 0) is 25.7 Å². The van der Waals surface area contributed by atoms with Crippen molar-refractivity contribution in [3.63, 3.8) is 0 Å². The highest BCUT2D eigenvalue weighted by molar-refractivity contribution is 5.01. The van der Waals surface area contributed by atoms with Gasteiger partial charge in [0.05, 0.1) is 11.3 Å². The van der Waals surface area contributed by atoms with Gasteiger partial charge in [0.1, 0.15) is 0 Å². The summed E-state index contributed by atoms with van der Waals surface area (Å²) >= 11 is 0. The molecule has 2 N–H and O–H groups in total. The molecule has 0 aromatic rings. The Morgan fingerprint density at radius 2 is 0.500 bits per heavy atom. The lowest BCUT2D eigenvalue weighted by Gasteiger charge is -2.18. The first-order valence-electron chi connectivity index (χ1n) is 20.8. The minimum Gasteiger partial charge on any atom is -0.232 e. The smallest absolute Gasteiger partial charge is 0.0974 e. The lowest BCUT2D eigenvalue weighted by atomic mass is 9.97. The van der Waals surface area contributed by atoms with Crippen LogP contribution in [0.25, 0.3) is 0 Å². The molecule has 2 atom stereocenters. The number of unbranched alkanes of at least 4 members (excludes halogenated alkanes) is 24. The Balaban J connectivity index is 1.77. The van der Waals surface area contributed by atoms with E-state index in [0.717, 1.165) is 0 Å². The Morgan fingerprint density at radius 1 is 0.295 bits per heavy atom. The van der Waals surface area contributed by atoms with E-state index in [0.29, 0.717) is 11.3 Å². The summed E-state index contributed by atoms with van der Waals surface area (Å²) in [6.45, 7) is 11.6. The third-order valence-corrected chi connectivity index (χ3v) is 10.9. The number of nitrogens with zero attached hydrogens (tertiary/aromatic N) is 2. The van der Waals surface area contributed by atoms with Crippen LogP contribution in [0.1, 0.15) is 233 Å². The molecule has 0 aromatic carbocycles. The van der Waals surface area contributed by atoms with Crippen molar-refractivity contribution in [1.82, 2.24) is 20.9 Å². The molecule has 4 heteroatoms. The standard InChI is InChI=1S/C40H82N4/c1-5-9-13-17-21-25-29-33-39(34-30-26-22-18-14-10-6-2)41-43(39)37-38-44-40(42-44,35-31-27-23-19-15-11-7-3)36-32-28-24-20-16-12-8-4/h41-42H,5-38H2,1-4H3. The summed E-state index contributed by atoms with van der Waals surface area (Å²) in [7, 11) is 0. The van der Waals surface area contributed by atoms with E-state index in [2.05, 4.69) is 48.6 Å². The Labute approximate surface area is 278 Å². The van der Waals surface area contributed by atoms with E-state index in [1.54, 1.807) is 0 Å². The second-order valence-corrected chi connectivity index (χ2v) is 15.1. The van der Waals surface area contributed by atoms with Crippen molar-refractivity contribution in [2.24, 2.45) is 0 Å². The number of nitrogens with one attached hydrogen (secondary N) is 2. The van der Waals surface area contributed by atoms with E-state index < -0.39 is 0 Å². The fraction of sp³-hybridized carbons (Fsp3) is 1.00. The second-order valence-electron chi connectivity index (χ2n) is 15.1. The molecule has 2 fully saturated rings. The monoisotopic (exact) mass is 619 g/mol. The molecule has 2 rings (SSSR count). The number of rotatable bonds is 35. The van der Waals surface area contributed by atoms with Crippen molar-refractivity contribution in [1.29, 1.82) is 0 Å². The van der Waals surface area contributed by atoms with E-state index in [9.17, 15) is 0 Å². The van der Waals surface area contributed by atoms with Crippen LogP contribution in [0.2, 0.25) is 0 Å². The molecule has 0 amide bonds. The Hall–Kier alpha value is -0.160. The van der Waals surface area contributed by atoms with E-state index in [-0.39, 0.29) is 0 Å². The van der Waals surface area contributed by atoms with Crippen LogP contribution in [0.4, 0.5) is 0 Å². The average Bonchev–Trinajstić information content (AvgIpc) is 3.92. The largest absolute Gasteiger partial charge is 0.232 e.